The third-order valence-electron chi connectivity index (χ3n) is 3.69. The summed E-state index contributed by atoms with van der Waals surface area (Å²) in [5.74, 6) is -1.19. The van der Waals surface area contributed by atoms with Crippen LogP contribution in [0.1, 0.15) is 37.2 Å². The summed E-state index contributed by atoms with van der Waals surface area (Å²) in [6.07, 6.45) is 5.61. The van der Waals surface area contributed by atoms with E-state index in [9.17, 15) is 9.59 Å². The first-order chi connectivity index (χ1) is 9.48. The maximum absolute atomic E-state index is 11.9. The van der Waals surface area contributed by atoms with Gasteiger partial charge in [0.1, 0.15) is 12.2 Å². The van der Waals surface area contributed by atoms with E-state index >= 15 is 0 Å². The smallest absolute Gasteiger partial charge is 0.352 e. The molecule has 2 N–H and O–H groups in total. The molecular weight excluding hydrogens is 276 g/mol. The van der Waals surface area contributed by atoms with E-state index in [1.54, 1.807) is 24.0 Å². The number of nitrogens with zero attached hydrogens (tertiary/aromatic N) is 1. The summed E-state index contributed by atoms with van der Waals surface area (Å²) in [6.45, 7) is 4.86. The van der Waals surface area contributed by atoms with Crippen LogP contribution in [-0.4, -0.2) is 39.1 Å². The fraction of sp³-hybridized carbons (Fsp3) is 0.571. The van der Waals surface area contributed by atoms with Crippen molar-refractivity contribution in [3.05, 3.63) is 24.0 Å². The number of carbonyl (C=O) groups is 2. The van der Waals surface area contributed by atoms with Gasteiger partial charge in [0.05, 0.1) is 0 Å². The predicted molar refractivity (Wildman–Crippen MR) is 81.2 cm³/mol. The second-order valence-electron chi connectivity index (χ2n) is 4.70. The summed E-state index contributed by atoms with van der Waals surface area (Å²) in [6, 6.07) is 3.11. The minimum absolute atomic E-state index is 0.0342. The molecule has 0 radical (unpaired) electrons. The van der Waals surface area contributed by atoms with Gasteiger partial charge in [-0.25, -0.2) is 4.79 Å². The first-order valence-corrected chi connectivity index (χ1v) is 7.90. The van der Waals surface area contributed by atoms with Crippen molar-refractivity contribution < 1.29 is 14.7 Å². The quantitative estimate of drug-likeness (QED) is 0.772. The fourth-order valence-corrected chi connectivity index (χ4v) is 2.87. The summed E-state index contributed by atoms with van der Waals surface area (Å²) >= 11 is 1.76. The van der Waals surface area contributed by atoms with E-state index in [2.05, 4.69) is 19.2 Å². The van der Waals surface area contributed by atoms with E-state index in [1.165, 1.54) is 10.6 Å². The second-order valence-corrected chi connectivity index (χ2v) is 5.97. The average molecular weight is 298 g/mol. The Hall–Kier alpha value is -1.43. The molecule has 0 bridgehead atoms. The summed E-state index contributed by atoms with van der Waals surface area (Å²) in [7, 11) is 0. The van der Waals surface area contributed by atoms with Crippen LogP contribution >= 0.6 is 11.8 Å². The molecule has 112 valence electrons. The first-order valence-electron chi connectivity index (χ1n) is 6.68. The van der Waals surface area contributed by atoms with Crippen LogP contribution in [0.4, 0.5) is 0 Å². The van der Waals surface area contributed by atoms with Crippen LogP contribution < -0.4 is 5.32 Å². The molecule has 0 aliphatic rings. The minimum Gasteiger partial charge on any atom is -0.477 e. The van der Waals surface area contributed by atoms with Crippen LogP contribution in [0.2, 0.25) is 0 Å². The van der Waals surface area contributed by atoms with E-state index in [1.807, 2.05) is 6.26 Å². The maximum atomic E-state index is 11.9. The Morgan fingerprint density at radius 3 is 2.55 bits per heavy atom. The van der Waals surface area contributed by atoms with Gasteiger partial charge in [-0.2, -0.15) is 11.8 Å². The number of aromatic carboxylic acids is 1. The van der Waals surface area contributed by atoms with Crippen molar-refractivity contribution in [3.63, 3.8) is 0 Å². The Balaban J connectivity index is 2.60. The van der Waals surface area contributed by atoms with Gasteiger partial charge < -0.3 is 15.0 Å². The lowest BCUT2D eigenvalue weighted by Gasteiger charge is -2.29. The number of carboxylic acids is 1. The van der Waals surface area contributed by atoms with Crippen molar-refractivity contribution >= 4 is 23.6 Å². The van der Waals surface area contributed by atoms with E-state index in [4.69, 9.17) is 5.11 Å². The molecule has 20 heavy (non-hydrogen) atoms. The molecule has 0 atom stereocenters. The molecule has 0 spiro atoms. The third kappa shape index (κ3) is 4.03. The highest BCUT2D eigenvalue weighted by Gasteiger charge is 2.25. The van der Waals surface area contributed by atoms with Crippen LogP contribution in [0.25, 0.3) is 0 Å². The zero-order valence-corrected chi connectivity index (χ0v) is 13.0. The van der Waals surface area contributed by atoms with E-state index < -0.39 is 5.97 Å². The molecule has 1 aromatic rings. The topological polar surface area (TPSA) is 71.3 Å². The fourth-order valence-electron chi connectivity index (χ4n) is 2.08. The lowest BCUT2D eigenvalue weighted by atomic mass is 10.0. The third-order valence-corrected chi connectivity index (χ3v) is 5.28. The molecule has 5 nitrogen and oxygen atoms in total. The number of aromatic nitrogens is 1. The van der Waals surface area contributed by atoms with Crippen molar-refractivity contribution in [1.29, 1.82) is 0 Å². The number of carboxylic acid groups (broad SMARTS) is 1. The van der Waals surface area contributed by atoms with E-state index in [0.717, 1.165) is 12.8 Å². The van der Waals surface area contributed by atoms with Gasteiger partial charge in [-0.1, -0.05) is 13.8 Å². The lowest BCUT2D eigenvalue weighted by Crippen LogP contribution is -2.41. The monoisotopic (exact) mass is 298 g/mol. The normalized spacial score (nSPS) is 11.3. The summed E-state index contributed by atoms with van der Waals surface area (Å²) in [5.41, 5.74) is 0.127. The van der Waals surface area contributed by atoms with Gasteiger partial charge in [0, 0.05) is 17.5 Å². The number of carbonyl (C=O) groups excluding carboxylic acids is 1. The molecule has 0 saturated heterocycles. The molecule has 0 fully saturated rings. The molecule has 1 heterocycles. The standard InChI is InChI=1S/C14H22N2O3S/c1-4-14(5-2,20-3)10-15-12(17)9-16-8-6-7-11(16)13(18)19/h6-8H,4-5,9-10H2,1-3H3,(H,15,17)(H,18,19). The molecule has 1 rings (SSSR count). The Kier molecular flexibility index (Phi) is 6.13. The zero-order valence-electron chi connectivity index (χ0n) is 12.2. The first kappa shape index (κ1) is 16.6. The zero-order chi connectivity index (χ0) is 15.2. The number of thioether (sulfide) groups is 1. The predicted octanol–water partition coefficient (Wildman–Crippen LogP) is 2.22. The molecule has 0 saturated carbocycles. The van der Waals surface area contributed by atoms with Gasteiger partial charge in [-0.15, -0.1) is 0 Å². The van der Waals surface area contributed by atoms with Crippen LogP contribution in [0.3, 0.4) is 0 Å². The largest absolute Gasteiger partial charge is 0.477 e. The highest BCUT2D eigenvalue weighted by atomic mass is 32.2. The van der Waals surface area contributed by atoms with Crippen molar-refractivity contribution in [2.45, 2.75) is 38.0 Å². The maximum Gasteiger partial charge on any atom is 0.352 e. The van der Waals surface area contributed by atoms with Gasteiger partial charge in [0.2, 0.25) is 5.91 Å². The number of rotatable bonds is 8. The molecule has 0 aliphatic heterocycles. The van der Waals surface area contributed by atoms with Crippen molar-refractivity contribution in [1.82, 2.24) is 9.88 Å². The van der Waals surface area contributed by atoms with Crippen molar-refractivity contribution in [3.8, 4) is 0 Å². The van der Waals surface area contributed by atoms with Crippen molar-refractivity contribution in [2.24, 2.45) is 0 Å². The number of nitrogens with one attached hydrogen (secondary N) is 1. The second kappa shape index (κ2) is 7.38. The SMILES string of the molecule is CCC(CC)(CNC(=O)Cn1cccc1C(=O)O)SC. The highest BCUT2D eigenvalue weighted by Crippen LogP contribution is 2.29. The molecule has 1 aromatic heterocycles. The van der Waals surface area contributed by atoms with Crippen molar-refractivity contribution in [2.75, 3.05) is 12.8 Å². The average Bonchev–Trinajstić information content (AvgIpc) is 2.89. The van der Waals surface area contributed by atoms with Gasteiger partial charge in [-0.05, 0) is 31.2 Å². The van der Waals surface area contributed by atoms with Crippen LogP contribution in [0, 0.1) is 0 Å². The Labute approximate surface area is 123 Å². The highest BCUT2D eigenvalue weighted by molar-refractivity contribution is 8.00. The van der Waals surface area contributed by atoms with Gasteiger partial charge in [-0.3, -0.25) is 4.79 Å². The molecule has 0 aliphatic carbocycles. The summed E-state index contributed by atoms with van der Waals surface area (Å²) in [5, 5.41) is 11.9. The molecular formula is C14H22N2O3S. The summed E-state index contributed by atoms with van der Waals surface area (Å²) < 4.78 is 1.50. The van der Waals surface area contributed by atoms with E-state index in [0.29, 0.717) is 6.54 Å². The van der Waals surface area contributed by atoms with Crippen LogP contribution in [0.5, 0.6) is 0 Å². The molecule has 0 aromatic carbocycles. The summed E-state index contributed by atoms with van der Waals surface area (Å²) in [4.78, 5) is 22.9. The molecule has 0 unspecified atom stereocenters. The number of amides is 1. The van der Waals surface area contributed by atoms with E-state index in [-0.39, 0.29) is 22.9 Å². The lowest BCUT2D eigenvalue weighted by molar-refractivity contribution is -0.121. The van der Waals surface area contributed by atoms with Crippen LogP contribution in [0.15, 0.2) is 18.3 Å². The minimum atomic E-state index is -1.02. The van der Waals surface area contributed by atoms with Crippen LogP contribution in [-0.2, 0) is 11.3 Å². The number of hydrogen-bond donors (Lipinski definition) is 2. The Morgan fingerprint density at radius 2 is 2.05 bits per heavy atom. The van der Waals surface area contributed by atoms with Gasteiger partial charge >= 0.3 is 5.97 Å². The Bertz CT molecular complexity index is 458. The number of hydrogen-bond acceptors (Lipinski definition) is 3. The molecule has 1 amide bonds. The molecule has 6 heteroatoms. The van der Waals surface area contributed by atoms with Gasteiger partial charge in [0.15, 0.2) is 0 Å². The Morgan fingerprint density at radius 1 is 1.40 bits per heavy atom. The van der Waals surface area contributed by atoms with Gasteiger partial charge in [0.25, 0.3) is 0 Å².